The molecule has 2 aromatic carbocycles. The first-order valence-electron chi connectivity index (χ1n) is 10.7. The SMILES string of the molecule is CC(C)(N)C1CCn2c(c(C3=C(Nc4ccccc4)C(=O)NC3=O)c3ccccc32)C1. The van der Waals surface area contributed by atoms with E-state index in [2.05, 4.69) is 35.1 Å². The van der Waals surface area contributed by atoms with Crippen molar-refractivity contribution in [3.8, 4) is 0 Å². The number of benzene rings is 2. The molecule has 0 fully saturated rings. The van der Waals surface area contributed by atoms with Gasteiger partial charge in [0.05, 0.1) is 5.57 Å². The smallest absolute Gasteiger partial charge is 0.275 e. The highest BCUT2D eigenvalue weighted by Crippen LogP contribution is 2.40. The summed E-state index contributed by atoms with van der Waals surface area (Å²) < 4.78 is 2.29. The molecule has 1 aromatic heterocycles. The number of amides is 2. The number of anilines is 1. The molecule has 2 amide bonds. The first-order valence-corrected chi connectivity index (χ1v) is 10.7. The maximum atomic E-state index is 13.0. The lowest BCUT2D eigenvalue weighted by atomic mass is 9.79. The molecule has 0 spiro atoms. The van der Waals surface area contributed by atoms with Crippen LogP contribution in [0.5, 0.6) is 0 Å². The molecule has 158 valence electrons. The fourth-order valence-corrected chi connectivity index (χ4v) is 4.84. The number of carbonyl (C=O) groups excluding carboxylic acids is 2. The van der Waals surface area contributed by atoms with Gasteiger partial charge in [-0.3, -0.25) is 14.9 Å². The monoisotopic (exact) mass is 414 g/mol. The summed E-state index contributed by atoms with van der Waals surface area (Å²) in [6.07, 6.45) is 1.74. The Balaban J connectivity index is 1.74. The van der Waals surface area contributed by atoms with E-state index in [9.17, 15) is 9.59 Å². The number of rotatable bonds is 4. The number of carbonyl (C=O) groups is 2. The topological polar surface area (TPSA) is 89.2 Å². The highest BCUT2D eigenvalue weighted by Gasteiger charge is 2.38. The van der Waals surface area contributed by atoms with Crippen molar-refractivity contribution in [2.45, 2.75) is 38.8 Å². The molecule has 3 heterocycles. The molecule has 0 saturated carbocycles. The molecule has 0 saturated heterocycles. The molecule has 3 aromatic rings. The molecule has 6 nitrogen and oxygen atoms in total. The normalized spacial score (nSPS) is 19.0. The molecule has 6 heteroatoms. The van der Waals surface area contributed by atoms with Gasteiger partial charge in [-0.1, -0.05) is 36.4 Å². The fourth-order valence-electron chi connectivity index (χ4n) is 4.84. The summed E-state index contributed by atoms with van der Waals surface area (Å²) in [4.78, 5) is 25.8. The van der Waals surface area contributed by atoms with Crippen LogP contribution in [0.15, 0.2) is 60.3 Å². The number of nitrogens with zero attached hydrogens (tertiary/aromatic N) is 1. The van der Waals surface area contributed by atoms with E-state index in [4.69, 9.17) is 5.73 Å². The van der Waals surface area contributed by atoms with Crippen LogP contribution in [0.25, 0.3) is 16.5 Å². The van der Waals surface area contributed by atoms with Crippen LogP contribution in [-0.2, 0) is 22.6 Å². The van der Waals surface area contributed by atoms with Crippen molar-refractivity contribution in [2.75, 3.05) is 5.32 Å². The van der Waals surface area contributed by atoms with Crippen molar-refractivity contribution in [1.29, 1.82) is 0 Å². The van der Waals surface area contributed by atoms with Gasteiger partial charge in [-0.25, -0.2) is 0 Å². The van der Waals surface area contributed by atoms with Gasteiger partial charge in [-0.15, -0.1) is 0 Å². The summed E-state index contributed by atoms with van der Waals surface area (Å²) >= 11 is 0. The minimum Gasteiger partial charge on any atom is -0.350 e. The predicted molar refractivity (Wildman–Crippen MR) is 122 cm³/mol. The number of hydrogen-bond donors (Lipinski definition) is 3. The Hall–Kier alpha value is -3.38. The Labute approximate surface area is 181 Å². The summed E-state index contributed by atoms with van der Waals surface area (Å²) in [5, 5.41) is 6.66. The van der Waals surface area contributed by atoms with Crippen molar-refractivity contribution < 1.29 is 9.59 Å². The van der Waals surface area contributed by atoms with Gasteiger partial charge in [-0.2, -0.15) is 0 Å². The minimum atomic E-state index is -0.403. The lowest BCUT2D eigenvalue weighted by Gasteiger charge is -2.35. The minimum absolute atomic E-state index is 0.286. The number of hydrogen-bond acceptors (Lipinski definition) is 4. The van der Waals surface area contributed by atoms with Crippen molar-refractivity contribution in [3.63, 3.8) is 0 Å². The van der Waals surface area contributed by atoms with Crippen LogP contribution < -0.4 is 16.4 Å². The highest BCUT2D eigenvalue weighted by molar-refractivity contribution is 6.38. The lowest BCUT2D eigenvalue weighted by Crippen LogP contribution is -2.44. The van der Waals surface area contributed by atoms with E-state index >= 15 is 0 Å². The van der Waals surface area contributed by atoms with E-state index in [0.717, 1.165) is 47.2 Å². The quantitative estimate of drug-likeness (QED) is 0.571. The van der Waals surface area contributed by atoms with Gasteiger partial charge in [0.15, 0.2) is 0 Å². The summed E-state index contributed by atoms with van der Waals surface area (Å²) in [6, 6.07) is 17.5. The lowest BCUT2D eigenvalue weighted by molar-refractivity contribution is -0.123. The molecule has 31 heavy (non-hydrogen) atoms. The van der Waals surface area contributed by atoms with Crippen molar-refractivity contribution in [2.24, 2.45) is 11.7 Å². The van der Waals surface area contributed by atoms with Crippen molar-refractivity contribution >= 4 is 34.0 Å². The second kappa shape index (κ2) is 7.10. The van der Waals surface area contributed by atoms with E-state index in [1.807, 2.05) is 48.5 Å². The van der Waals surface area contributed by atoms with E-state index < -0.39 is 5.91 Å². The molecule has 1 atom stereocenters. The number of aromatic nitrogens is 1. The number of imide groups is 1. The third-order valence-corrected chi connectivity index (χ3v) is 6.50. The average Bonchev–Trinajstić information content (AvgIpc) is 3.21. The van der Waals surface area contributed by atoms with Gasteiger partial charge in [0.1, 0.15) is 5.70 Å². The number of aryl methyl sites for hydroxylation is 1. The van der Waals surface area contributed by atoms with Gasteiger partial charge >= 0.3 is 0 Å². The maximum Gasteiger partial charge on any atom is 0.275 e. The second-order valence-corrected chi connectivity index (χ2v) is 9.03. The molecule has 5 rings (SSSR count). The summed E-state index contributed by atoms with van der Waals surface area (Å²) in [6.45, 7) is 4.96. The maximum absolute atomic E-state index is 13.0. The summed E-state index contributed by atoms with van der Waals surface area (Å²) in [7, 11) is 0. The molecule has 0 bridgehead atoms. The van der Waals surface area contributed by atoms with Crippen molar-refractivity contribution in [1.82, 2.24) is 9.88 Å². The van der Waals surface area contributed by atoms with E-state index in [1.165, 1.54) is 0 Å². The van der Waals surface area contributed by atoms with E-state index in [1.54, 1.807) is 0 Å². The largest absolute Gasteiger partial charge is 0.350 e. The number of nitrogens with two attached hydrogens (primary N) is 1. The van der Waals surface area contributed by atoms with Gasteiger partial charge < -0.3 is 15.6 Å². The Morgan fingerprint density at radius 2 is 1.74 bits per heavy atom. The summed E-state index contributed by atoms with van der Waals surface area (Å²) in [5.74, 6) is -0.481. The van der Waals surface area contributed by atoms with Gasteiger partial charge in [0.25, 0.3) is 11.8 Å². The first kappa shape index (κ1) is 19.6. The molecule has 0 radical (unpaired) electrons. The average molecular weight is 415 g/mol. The van der Waals surface area contributed by atoms with Crippen molar-refractivity contribution in [3.05, 3.63) is 71.6 Å². The highest BCUT2D eigenvalue weighted by atomic mass is 16.2. The van der Waals surface area contributed by atoms with Crippen LogP contribution in [-0.4, -0.2) is 21.9 Å². The Morgan fingerprint density at radius 1 is 1.03 bits per heavy atom. The van der Waals surface area contributed by atoms with Gasteiger partial charge in [0.2, 0.25) is 0 Å². The van der Waals surface area contributed by atoms with Crippen LogP contribution in [0.3, 0.4) is 0 Å². The first-order chi connectivity index (χ1) is 14.8. The van der Waals surface area contributed by atoms with Crippen LogP contribution in [0.1, 0.15) is 31.5 Å². The second-order valence-electron chi connectivity index (χ2n) is 9.03. The zero-order valence-corrected chi connectivity index (χ0v) is 17.7. The van der Waals surface area contributed by atoms with Crippen LogP contribution >= 0.6 is 0 Å². The number of nitrogens with one attached hydrogen (secondary N) is 2. The van der Waals surface area contributed by atoms with Gasteiger partial charge in [-0.05, 0) is 50.8 Å². The molecular formula is C25H26N4O2. The van der Waals surface area contributed by atoms with Crippen LogP contribution in [0.4, 0.5) is 5.69 Å². The molecule has 0 aliphatic carbocycles. The third kappa shape index (κ3) is 3.24. The Kier molecular flexibility index (Phi) is 4.48. The zero-order valence-electron chi connectivity index (χ0n) is 17.7. The third-order valence-electron chi connectivity index (χ3n) is 6.50. The molecule has 1 unspecified atom stereocenters. The number of para-hydroxylation sites is 2. The van der Waals surface area contributed by atoms with Gasteiger partial charge in [0, 0.05) is 39.9 Å². The van der Waals surface area contributed by atoms with Crippen LogP contribution in [0.2, 0.25) is 0 Å². The molecule has 4 N–H and O–H groups in total. The van der Waals surface area contributed by atoms with E-state index in [0.29, 0.717) is 11.3 Å². The predicted octanol–water partition coefficient (Wildman–Crippen LogP) is 3.42. The standard InChI is InChI=1S/C25H26N4O2/c1-25(2,26)15-12-13-29-18-11-7-6-10-17(18)20(19(29)14-15)21-22(24(31)28-23(21)30)27-16-8-4-3-5-9-16/h3-11,15H,12-14,26H2,1-2H3,(H2,27,28,30,31). The molecular weight excluding hydrogens is 388 g/mol. The Bertz CT molecular complexity index is 1230. The van der Waals surface area contributed by atoms with Crippen LogP contribution in [0, 0.1) is 5.92 Å². The fraction of sp³-hybridized carbons (Fsp3) is 0.280. The molecule has 2 aliphatic rings. The van der Waals surface area contributed by atoms with E-state index in [-0.39, 0.29) is 17.4 Å². The molecule has 2 aliphatic heterocycles. The number of fused-ring (bicyclic) bond motifs is 3. The zero-order chi connectivity index (χ0) is 21.8. The summed E-state index contributed by atoms with van der Waals surface area (Å²) in [5.41, 5.74) is 10.6. The Morgan fingerprint density at radius 3 is 2.48 bits per heavy atom.